The molecule has 0 bridgehead atoms. The standard InChI is InChI=1S/C4H8O2.FH.Na/c1-2-3-4(5)6;;/h2-3H2,1H3,(H,5,6);1H;/q;;+1/p-1. The van der Waals surface area contributed by atoms with Crippen LogP contribution in [0.3, 0.4) is 0 Å². The third kappa shape index (κ3) is 16.1. The minimum Gasteiger partial charge on any atom is -0.550 e. The fourth-order valence-corrected chi connectivity index (χ4v) is 0.204. The van der Waals surface area contributed by atoms with Crippen LogP contribution in [-0.2, 0) is 4.79 Å². The third-order valence-electron chi connectivity index (χ3n) is 0.454. The molecule has 0 heterocycles. The molecule has 0 radical (unpaired) electrons. The summed E-state index contributed by atoms with van der Waals surface area (Å²) in [5.41, 5.74) is 0. The minimum atomic E-state index is -0.961. The van der Waals surface area contributed by atoms with Gasteiger partial charge in [-0.3, -0.25) is 4.70 Å². The quantitative estimate of drug-likeness (QED) is 0.367. The molecule has 0 amide bonds. The maximum absolute atomic E-state index is 9.49. The van der Waals surface area contributed by atoms with Crippen molar-refractivity contribution in [2.45, 2.75) is 19.8 Å². The van der Waals surface area contributed by atoms with Gasteiger partial charge in [-0.05, 0) is 6.42 Å². The molecule has 0 aliphatic heterocycles. The zero-order chi connectivity index (χ0) is 4.99. The van der Waals surface area contributed by atoms with Crippen LogP contribution in [0.1, 0.15) is 19.8 Å². The van der Waals surface area contributed by atoms with Crippen LogP contribution < -0.4 is 34.7 Å². The Morgan fingerprint density at radius 1 is 1.62 bits per heavy atom. The van der Waals surface area contributed by atoms with Gasteiger partial charge in [-0.1, -0.05) is 13.3 Å². The van der Waals surface area contributed by atoms with Crippen LogP contribution in [-0.4, -0.2) is 5.97 Å². The van der Waals surface area contributed by atoms with Crippen molar-refractivity contribution < 1.29 is 44.2 Å². The van der Waals surface area contributed by atoms with Gasteiger partial charge in [0.2, 0.25) is 0 Å². The van der Waals surface area contributed by atoms with Gasteiger partial charge in [0.15, 0.2) is 0 Å². The summed E-state index contributed by atoms with van der Waals surface area (Å²) in [6.45, 7) is 1.80. The molecule has 4 heteroatoms. The summed E-state index contributed by atoms with van der Waals surface area (Å²) in [4.78, 5) is 9.49. The van der Waals surface area contributed by atoms with Crippen molar-refractivity contribution in [1.29, 1.82) is 0 Å². The summed E-state index contributed by atoms with van der Waals surface area (Å²) in [6, 6.07) is 0. The van der Waals surface area contributed by atoms with Gasteiger partial charge in [0, 0.05) is 5.97 Å². The molecule has 0 saturated heterocycles. The Hall–Kier alpha value is 0.400. The smallest absolute Gasteiger partial charge is 0.550 e. The van der Waals surface area contributed by atoms with Crippen LogP contribution >= 0.6 is 0 Å². The Labute approximate surface area is 69.9 Å². The molecule has 0 rings (SSSR count). The maximum Gasteiger partial charge on any atom is 1.00 e. The Balaban J connectivity index is -0.000000125. The first-order valence-corrected chi connectivity index (χ1v) is 1.97. The molecular formula is C4H8FNaO2. The maximum atomic E-state index is 9.49. The van der Waals surface area contributed by atoms with Gasteiger partial charge >= 0.3 is 29.6 Å². The summed E-state index contributed by atoms with van der Waals surface area (Å²) in [5.74, 6) is -0.961. The van der Waals surface area contributed by atoms with E-state index in [1.165, 1.54) is 0 Å². The number of carboxylic acids is 1. The fraction of sp³-hybridized carbons (Fsp3) is 0.750. The zero-order valence-electron chi connectivity index (χ0n) is 5.14. The van der Waals surface area contributed by atoms with Crippen molar-refractivity contribution in [2.75, 3.05) is 0 Å². The molecule has 0 unspecified atom stereocenters. The van der Waals surface area contributed by atoms with Crippen molar-refractivity contribution in [2.24, 2.45) is 0 Å². The Morgan fingerprint density at radius 2 is 2.00 bits per heavy atom. The fourth-order valence-electron chi connectivity index (χ4n) is 0.204. The molecule has 2 nitrogen and oxygen atoms in total. The van der Waals surface area contributed by atoms with Crippen LogP contribution in [0.15, 0.2) is 0 Å². The van der Waals surface area contributed by atoms with E-state index in [0.717, 1.165) is 0 Å². The number of carboxylic acid groups (broad SMARTS) is 1. The number of rotatable bonds is 2. The molecule has 8 heavy (non-hydrogen) atoms. The van der Waals surface area contributed by atoms with Crippen LogP contribution in [0.5, 0.6) is 0 Å². The van der Waals surface area contributed by atoms with Crippen molar-refractivity contribution >= 4 is 5.97 Å². The molecule has 0 aliphatic rings. The van der Waals surface area contributed by atoms with Crippen LogP contribution in [0.2, 0.25) is 0 Å². The molecule has 0 saturated carbocycles. The Kier molecular flexibility index (Phi) is 20.5. The topological polar surface area (TPSA) is 40.1 Å². The van der Waals surface area contributed by atoms with Crippen LogP contribution in [0, 0.1) is 0 Å². The number of halogens is 1. The van der Waals surface area contributed by atoms with Gasteiger partial charge in [0.25, 0.3) is 0 Å². The summed E-state index contributed by atoms with van der Waals surface area (Å²) in [5, 5.41) is 9.49. The monoisotopic (exact) mass is 130 g/mol. The average Bonchev–Trinajstić information content (AvgIpc) is 1.35. The van der Waals surface area contributed by atoms with Crippen molar-refractivity contribution in [1.82, 2.24) is 0 Å². The molecule has 0 atom stereocenters. The molecule has 0 aliphatic carbocycles. The molecule has 0 aromatic heterocycles. The Bertz CT molecular complexity index is 58.0. The molecule has 0 N–H and O–H groups in total. The normalized spacial score (nSPS) is 6.12. The predicted molar refractivity (Wildman–Crippen MR) is 22.4 cm³/mol. The van der Waals surface area contributed by atoms with E-state index in [1.54, 1.807) is 6.92 Å². The van der Waals surface area contributed by atoms with Gasteiger partial charge in [-0.25, -0.2) is 0 Å². The van der Waals surface area contributed by atoms with Gasteiger partial charge in [0.05, 0.1) is 0 Å². The summed E-state index contributed by atoms with van der Waals surface area (Å²) >= 11 is 0. The van der Waals surface area contributed by atoms with Gasteiger partial charge in [-0.2, -0.15) is 0 Å². The molecule has 0 aromatic carbocycles. The van der Waals surface area contributed by atoms with E-state index < -0.39 is 5.97 Å². The van der Waals surface area contributed by atoms with Crippen molar-refractivity contribution in [3.8, 4) is 0 Å². The number of carbonyl (C=O) groups is 1. The van der Waals surface area contributed by atoms with Crippen molar-refractivity contribution in [3.05, 3.63) is 0 Å². The number of hydrogen-bond acceptors (Lipinski definition) is 2. The second-order valence-corrected chi connectivity index (χ2v) is 1.12. The third-order valence-corrected chi connectivity index (χ3v) is 0.454. The van der Waals surface area contributed by atoms with E-state index in [1.807, 2.05) is 0 Å². The first kappa shape index (κ1) is 15.8. The second-order valence-electron chi connectivity index (χ2n) is 1.12. The minimum absolute atomic E-state index is 0. The average molecular weight is 130 g/mol. The SMILES string of the molecule is CCCC(=O)[O-].F.[Na+]. The zero-order valence-corrected chi connectivity index (χ0v) is 7.14. The molecule has 0 fully saturated rings. The number of aliphatic carboxylic acids is 1. The first-order chi connectivity index (χ1) is 2.77. The number of carbonyl (C=O) groups excluding carboxylic acids is 1. The van der Waals surface area contributed by atoms with Gasteiger partial charge in [-0.15, -0.1) is 0 Å². The molecule has 0 aromatic rings. The van der Waals surface area contributed by atoms with E-state index in [2.05, 4.69) is 0 Å². The van der Waals surface area contributed by atoms with Crippen molar-refractivity contribution in [3.63, 3.8) is 0 Å². The summed E-state index contributed by atoms with van der Waals surface area (Å²) in [6.07, 6.45) is 0.850. The van der Waals surface area contributed by atoms with Crippen LogP contribution in [0.25, 0.3) is 0 Å². The molecule has 0 spiro atoms. The molecular weight excluding hydrogens is 122 g/mol. The number of hydrogen-bond donors (Lipinski definition) is 0. The second kappa shape index (κ2) is 10.4. The molecule has 44 valence electrons. The van der Waals surface area contributed by atoms with Gasteiger partial charge in [0.1, 0.15) is 0 Å². The van der Waals surface area contributed by atoms with E-state index in [-0.39, 0.29) is 40.7 Å². The van der Waals surface area contributed by atoms with E-state index in [9.17, 15) is 9.90 Å². The summed E-state index contributed by atoms with van der Waals surface area (Å²) in [7, 11) is 0. The largest absolute Gasteiger partial charge is 1.00 e. The van der Waals surface area contributed by atoms with E-state index in [0.29, 0.717) is 6.42 Å². The van der Waals surface area contributed by atoms with E-state index in [4.69, 9.17) is 0 Å². The van der Waals surface area contributed by atoms with Gasteiger partial charge < -0.3 is 9.90 Å². The first-order valence-electron chi connectivity index (χ1n) is 1.97. The predicted octanol–water partition coefficient (Wildman–Crippen LogP) is -3.31. The van der Waals surface area contributed by atoms with Crippen LogP contribution in [0.4, 0.5) is 4.70 Å². The Morgan fingerprint density at radius 3 is 2.00 bits per heavy atom. The summed E-state index contributed by atoms with van der Waals surface area (Å²) < 4.78 is 0. The van der Waals surface area contributed by atoms with E-state index >= 15 is 0 Å².